The first-order valence-electron chi connectivity index (χ1n) is 6.70. The molecule has 4 nitrogen and oxygen atoms in total. The number of halogens is 3. The molecule has 0 spiro atoms. The van der Waals surface area contributed by atoms with Crippen molar-refractivity contribution in [2.45, 2.75) is 19.1 Å². The molecule has 0 amide bonds. The summed E-state index contributed by atoms with van der Waals surface area (Å²) in [6, 6.07) is 5.36. The molecule has 1 heterocycles. The van der Waals surface area contributed by atoms with Gasteiger partial charge in [0.1, 0.15) is 6.61 Å². The van der Waals surface area contributed by atoms with Crippen LogP contribution in [-0.2, 0) is 6.18 Å². The second kappa shape index (κ2) is 6.74. The molecule has 0 saturated heterocycles. The van der Waals surface area contributed by atoms with Crippen LogP contribution in [0.15, 0.2) is 36.7 Å². The molecule has 1 aromatic carbocycles. The van der Waals surface area contributed by atoms with Crippen LogP contribution in [0.5, 0.6) is 5.75 Å². The number of hydrogen-bond donors (Lipinski definition) is 1. The van der Waals surface area contributed by atoms with Crippen molar-refractivity contribution in [3.63, 3.8) is 0 Å². The first-order valence-corrected chi connectivity index (χ1v) is 6.70. The summed E-state index contributed by atoms with van der Waals surface area (Å²) in [5.41, 5.74) is -0.808. The Morgan fingerprint density at radius 3 is 2.41 bits per heavy atom. The Balaban J connectivity index is 2.21. The molecule has 0 aliphatic rings. The second-order valence-corrected chi connectivity index (χ2v) is 4.79. The van der Waals surface area contributed by atoms with E-state index in [9.17, 15) is 13.2 Å². The van der Waals surface area contributed by atoms with Gasteiger partial charge in [0.2, 0.25) is 0 Å². The molecule has 0 saturated carbocycles. The van der Waals surface area contributed by atoms with E-state index in [-0.39, 0.29) is 17.4 Å². The van der Waals surface area contributed by atoms with Crippen molar-refractivity contribution in [1.82, 2.24) is 15.3 Å². The third-order valence-corrected chi connectivity index (χ3v) is 3.09. The third-order valence-electron chi connectivity index (χ3n) is 3.09. The highest BCUT2D eigenvalue weighted by Gasteiger charge is 2.33. The fourth-order valence-electron chi connectivity index (χ4n) is 1.76. The molecule has 1 N–H and O–H groups in total. The van der Waals surface area contributed by atoms with Crippen molar-refractivity contribution in [2.75, 3.05) is 13.7 Å². The van der Waals surface area contributed by atoms with E-state index >= 15 is 0 Å². The van der Waals surface area contributed by atoms with Crippen LogP contribution in [0, 0.1) is 0 Å². The van der Waals surface area contributed by atoms with Gasteiger partial charge in [-0.15, -0.1) is 0 Å². The van der Waals surface area contributed by atoms with Crippen molar-refractivity contribution in [3.05, 3.63) is 42.2 Å². The molecule has 1 aromatic heterocycles. The van der Waals surface area contributed by atoms with Crippen LogP contribution in [0.1, 0.15) is 12.5 Å². The minimum Gasteiger partial charge on any atom is -0.489 e. The van der Waals surface area contributed by atoms with Gasteiger partial charge >= 0.3 is 6.18 Å². The monoisotopic (exact) mass is 311 g/mol. The number of rotatable bonds is 5. The molecule has 0 fully saturated rings. The number of nitrogens with zero attached hydrogens (tertiary/aromatic N) is 2. The minimum atomic E-state index is -4.45. The highest BCUT2D eigenvalue weighted by molar-refractivity contribution is 5.61. The average Bonchev–Trinajstić information content (AvgIpc) is 2.52. The van der Waals surface area contributed by atoms with Gasteiger partial charge in [0.05, 0.1) is 18.0 Å². The SMILES string of the molecule is CNC(C)COc1cnc(-c2ccccc2C(F)(F)F)nc1. The summed E-state index contributed by atoms with van der Waals surface area (Å²) in [4.78, 5) is 7.94. The molecule has 0 bridgehead atoms. The van der Waals surface area contributed by atoms with Crippen LogP contribution in [0.3, 0.4) is 0 Å². The highest BCUT2D eigenvalue weighted by Crippen LogP contribution is 2.35. The van der Waals surface area contributed by atoms with E-state index in [0.717, 1.165) is 6.07 Å². The quantitative estimate of drug-likeness (QED) is 0.921. The molecule has 22 heavy (non-hydrogen) atoms. The Bertz CT molecular complexity index is 614. The van der Waals surface area contributed by atoms with Crippen molar-refractivity contribution < 1.29 is 17.9 Å². The van der Waals surface area contributed by atoms with Gasteiger partial charge in [0.25, 0.3) is 0 Å². The lowest BCUT2D eigenvalue weighted by molar-refractivity contribution is -0.137. The van der Waals surface area contributed by atoms with Gasteiger partial charge in [-0.05, 0) is 20.0 Å². The van der Waals surface area contributed by atoms with Gasteiger partial charge in [0.15, 0.2) is 11.6 Å². The topological polar surface area (TPSA) is 47.0 Å². The predicted octanol–water partition coefficient (Wildman–Crippen LogP) is 3.15. The van der Waals surface area contributed by atoms with E-state index < -0.39 is 11.7 Å². The van der Waals surface area contributed by atoms with E-state index in [0.29, 0.717) is 12.4 Å². The van der Waals surface area contributed by atoms with Gasteiger partial charge in [-0.2, -0.15) is 13.2 Å². The lowest BCUT2D eigenvalue weighted by Gasteiger charge is -2.13. The highest BCUT2D eigenvalue weighted by atomic mass is 19.4. The number of ether oxygens (including phenoxy) is 1. The van der Waals surface area contributed by atoms with Crippen LogP contribution in [0.2, 0.25) is 0 Å². The molecule has 118 valence electrons. The third kappa shape index (κ3) is 3.94. The number of aromatic nitrogens is 2. The van der Waals surface area contributed by atoms with Crippen LogP contribution in [-0.4, -0.2) is 29.7 Å². The van der Waals surface area contributed by atoms with E-state index in [4.69, 9.17) is 4.74 Å². The zero-order valence-electron chi connectivity index (χ0n) is 12.2. The summed E-state index contributed by atoms with van der Waals surface area (Å²) in [5.74, 6) is 0.428. The number of likely N-dealkylation sites (N-methyl/N-ethyl adjacent to an activating group) is 1. The molecular formula is C15H16F3N3O. The maximum atomic E-state index is 13.0. The van der Waals surface area contributed by atoms with Gasteiger partial charge in [0, 0.05) is 11.6 Å². The fraction of sp³-hybridized carbons (Fsp3) is 0.333. The van der Waals surface area contributed by atoms with E-state index in [2.05, 4.69) is 15.3 Å². The lowest BCUT2D eigenvalue weighted by atomic mass is 10.1. The van der Waals surface area contributed by atoms with E-state index in [1.165, 1.54) is 30.6 Å². The summed E-state index contributed by atoms with van der Waals surface area (Å²) in [6.07, 6.45) is -1.70. The van der Waals surface area contributed by atoms with E-state index in [1.54, 1.807) is 0 Å². The van der Waals surface area contributed by atoms with Gasteiger partial charge < -0.3 is 10.1 Å². The Morgan fingerprint density at radius 2 is 1.82 bits per heavy atom. The molecule has 0 radical (unpaired) electrons. The van der Waals surface area contributed by atoms with Gasteiger partial charge in [-0.1, -0.05) is 18.2 Å². The molecule has 2 aromatic rings. The number of benzene rings is 1. The van der Waals surface area contributed by atoms with Gasteiger partial charge in [-0.25, -0.2) is 9.97 Å². The van der Waals surface area contributed by atoms with Crippen LogP contribution in [0.4, 0.5) is 13.2 Å². The molecular weight excluding hydrogens is 295 g/mol. The van der Waals surface area contributed by atoms with Crippen molar-refractivity contribution >= 4 is 0 Å². The second-order valence-electron chi connectivity index (χ2n) is 4.79. The Morgan fingerprint density at radius 1 is 1.18 bits per heavy atom. The Kier molecular flexibility index (Phi) is 4.97. The molecule has 1 unspecified atom stereocenters. The fourth-order valence-corrected chi connectivity index (χ4v) is 1.76. The maximum absolute atomic E-state index is 13.0. The average molecular weight is 311 g/mol. The van der Waals surface area contributed by atoms with Crippen LogP contribution < -0.4 is 10.1 Å². The summed E-state index contributed by atoms with van der Waals surface area (Å²) in [7, 11) is 1.81. The van der Waals surface area contributed by atoms with Crippen molar-refractivity contribution in [3.8, 4) is 17.1 Å². The zero-order chi connectivity index (χ0) is 16.2. The Hall–Kier alpha value is -2.15. The Labute approximate surface area is 126 Å². The van der Waals surface area contributed by atoms with Crippen LogP contribution >= 0.6 is 0 Å². The standard InChI is InChI=1S/C15H16F3N3O/c1-10(19-2)9-22-11-7-20-14(21-8-11)12-5-3-4-6-13(12)15(16,17)18/h3-8,10,19H,9H2,1-2H3. The molecule has 2 rings (SSSR count). The number of alkyl halides is 3. The summed E-state index contributed by atoms with van der Waals surface area (Å²) in [6.45, 7) is 2.35. The van der Waals surface area contributed by atoms with Crippen molar-refractivity contribution in [1.29, 1.82) is 0 Å². The van der Waals surface area contributed by atoms with Gasteiger partial charge in [-0.3, -0.25) is 0 Å². The lowest BCUT2D eigenvalue weighted by Crippen LogP contribution is -2.28. The minimum absolute atomic E-state index is 0.0157. The smallest absolute Gasteiger partial charge is 0.417 e. The van der Waals surface area contributed by atoms with E-state index in [1.807, 2.05) is 14.0 Å². The molecule has 0 aliphatic carbocycles. The molecule has 0 aliphatic heterocycles. The van der Waals surface area contributed by atoms with Crippen molar-refractivity contribution in [2.24, 2.45) is 0 Å². The van der Waals surface area contributed by atoms with Crippen LogP contribution in [0.25, 0.3) is 11.4 Å². The normalized spacial score (nSPS) is 13.0. The summed E-state index contributed by atoms with van der Waals surface area (Å²) < 4.78 is 44.4. The predicted molar refractivity (Wildman–Crippen MR) is 76.5 cm³/mol. The summed E-state index contributed by atoms with van der Waals surface area (Å²) in [5, 5.41) is 3.01. The zero-order valence-corrected chi connectivity index (χ0v) is 12.2. The largest absolute Gasteiger partial charge is 0.489 e. The maximum Gasteiger partial charge on any atom is 0.417 e. The molecule has 1 atom stereocenters. The molecule has 7 heteroatoms. The number of hydrogen-bond acceptors (Lipinski definition) is 4. The first kappa shape index (κ1) is 16.2. The number of nitrogens with one attached hydrogen (secondary N) is 1. The summed E-state index contributed by atoms with van der Waals surface area (Å²) >= 11 is 0. The first-order chi connectivity index (χ1) is 10.4.